The number of hydrogen-bond donors (Lipinski definition) is 0. The number of likely N-dealkylation sites (N-methyl/N-ethyl adjacent to an activating group) is 1. The van der Waals surface area contributed by atoms with Crippen LogP contribution >= 0.6 is 0 Å². The van der Waals surface area contributed by atoms with Gasteiger partial charge in [-0.2, -0.15) is 0 Å². The molecule has 0 radical (unpaired) electrons. The third kappa shape index (κ3) is 5.85. The molecule has 5 rings (SSSR count). The Kier molecular flexibility index (Phi) is 8.14. The number of para-hydroxylation sites is 1. The van der Waals surface area contributed by atoms with Gasteiger partial charge in [0.15, 0.2) is 0 Å². The second-order valence-corrected chi connectivity index (χ2v) is 10.9. The fourth-order valence-corrected chi connectivity index (χ4v) is 6.37. The normalized spacial score (nSPS) is 20.8. The second kappa shape index (κ2) is 11.7. The molecule has 0 atom stereocenters. The summed E-state index contributed by atoms with van der Waals surface area (Å²) in [5.41, 5.74) is 3.63. The number of amides is 2. The van der Waals surface area contributed by atoms with Gasteiger partial charge in [-0.15, -0.1) is 0 Å². The van der Waals surface area contributed by atoms with Crippen molar-refractivity contribution in [2.45, 2.75) is 58.4 Å². The van der Waals surface area contributed by atoms with Gasteiger partial charge in [0.05, 0.1) is 18.5 Å². The fourth-order valence-electron chi connectivity index (χ4n) is 6.37. The van der Waals surface area contributed by atoms with E-state index in [0.29, 0.717) is 39.3 Å². The number of nitrogens with zero attached hydrogens (tertiary/aromatic N) is 3. The van der Waals surface area contributed by atoms with Crippen molar-refractivity contribution >= 4 is 11.8 Å². The van der Waals surface area contributed by atoms with Gasteiger partial charge in [-0.3, -0.25) is 14.5 Å². The van der Waals surface area contributed by atoms with Crippen LogP contribution in [0.1, 0.15) is 55.7 Å². The Hall–Kier alpha value is -2.86. The zero-order valence-corrected chi connectivity index (χ0v) is 22.3. The monoisotopic (exact) mass is 503 g/mol. The van der Waals surface area contributed by atoms with Crippen LogP contribution in [-0.2, 0) is 29.0 Å². The first kappa shape index (κ1) is 25.8. The lowest BCUT2D eigenvalue weighted by Crippen LogP contribution is -2.53. The van der Waals surface area contributed by atoms with E-state index in [1.54, 1.807) is 0 Å². The number of likely N-dealkylation sites (tertiary alicyclic amines) is 1. The van der Waals surface area contributed by atoms with Crippen LogP contribution in [0.2, 0.25) is 0 Å². The summed E-state index contributed by atoms with van der Waals surface area (Å²) in [7, 11) is 0. The summed E-state index contributed by atoms with van der Waals surface area (Å²) < 4.78 is 6.11. The van der Waals surface area contributed by atoms with Gasteiger partial charge in [0, 0.05) is 32.7 Å². The lowest BCUT2D eigenvalue weighted by molar-refractivity contribution is -0.149. The van der Waals surface area contributed by atoms with E-state index in [0.717, 1.165) is 63.8 Å². The predicted octanol–water partition coefficient (Wildman–Crippen LogP) is 4.31. The molecular formula is C31H41N3O3. The molecule has 37 heavy (non-hydrogen) atoms. The molecule has 3 aliphatic heterocycles. The van der Waals surface area contributed by atoms with Crippen molar-refractivity contribution in [2.75, 3.05) is 45.9 Å². The summed E-state index contributed by atoms with van der Waals surface area (Å²) in [4.78, 5) is 33.4. The molecule has 3 heterocycles. The predicted molar refractivity (Wildman–Crippen MR) is 145 cm³/mol. The fraction of sp³-hybridized carbons (Fsp3) is 0.548. The van der Waals surface area contributed by atoms with Crippen molar-refractivity contribution in [3.63, 3.8) is 0 Å². The van der Waals surface area contributed by atoms with Crippen molar-refractivity contribution in [3.8, 4) is 5.75 Å². The maximum Gasteiger partial charge on any atom is 0.236 e. The smallest absolute Gasteiger partial charge is 0.236 e. The Morgan fingerprint density at radius 3 is 2.38 bits per heavy atom. The molecule has 2 amide bonds. The van der Waals surface area contributed by atoms with E-state index in [2.05, 4.69) is 48.2 Å². The first-order valence-corrected chi connectivity index (χ1v) is 14.1. The molecule has 0 aliphatic carbocycles. The van der Waals surface area contributed by atoms with Gasteiger partial charge < -0.3 is 14.5 Å². The quantitative estimate of drug-likeness (QED) is 0.627. The molecule has 6 nitrogen and oxygen atoms in total. The van der Waals surface area contributed by atoms with Crippen LogP contribution in [-0.4, -0.2) is 72.4 Å². The summed E-state index contributed by atoms with van der Waals surface area (Å²) in [5.74, 6) is 1.41. The summed E-state index contributed by atoms with van der Waals surface area (Å²) >= 11 is 0. The molecule has 0 saturated carbocycles. The van der Waals surface area contributed by atoms with E-state index in [-0.39, 0.29) is 17.2 Å². The van der Waals surface area contributed by atoms with E-state index in [9.17, 15) is 9.59 Å². The van der Waals surface area contributed by atoms with E-state index in [1.807, 2.05) is 21.9 Å². The minimum atomic E-state index is -0.366. The van der Waals surface area contributed by atoms with Gasteiger partial charge in [0.25, 0.3) is 0 Å². The molecular weight excluding hydrogens is 462 g/mol. The van der Waals surface area contributed by atoms with Crippen LogP contribution in [0.5, 0.6) is 5.75 Å². The highest BCUT2D eigenvalue weighted by Gasteiger charge is 2.43. The number of benzene rings is 2. The topological polar surface area (TPSA) is 53.1 Å². The Labute approximate surface area is 221 Å². The maximum atomic E-state index is 13.9. The Balaban J connectivity index is 1.21. The molecule has 198 valence electrons. The first-order valence-electron chi connectivity index (χ1n) is 14.1. The maximum absolute atomic E-state index is 13.9. The molecule has 6 heteroatoms. The zero-order valence-electron chi connectivity index (χ0n) is 22.3. The lowest BCUT2D eigenvalue weighted by atomic mass is 9.73. The van der Waals surface area contributed by atoms with E-state index in [4.69, 9.17) is 4.74 Å². The third-order valence-electron chi connectivity index (χ3n) is 8.71. The number of carbonyl (C=O) groups is 2. The van der Waals surface area contributed by atoms with E-state index >= 15 is 0 Å². The van der Waals surface area contributed by atoms with Crippen LogP contribution in [0.3, 0.4) is 0 Å². The average Bonchev–Trinajstić information content (AvgIpc) is 2.93. The highest BCUT2D eigenvalue weighted by atomic mass is 16.5. The highest BCUT2D eigenvalue weighted by Crippen LogP contribution is 2.39. The van der Waals surface area contributed by atoms with Gasteiger partial charge in [0.2, 0.25) is 11.8 Å². The minimum absolute atomic E-state index is 0.201. The number of piperidine rings is 1. The standard InChI is InChI=1S/C31H41N3O3/c1-2-33-21-22-37-28-13-6-5-10-26(28)11-7-8-15-31(30(33)36)16-19-34(20-17-31)29(35)24-32-18-14-25-9-3-4-12-27(25)23-32/h3-6,9-10,12-13H,2,7-8,11,14-24H2,1H3. The number of aryl methyl sites for hydroxylation is 1. The Morgan fingerprint density at radius 1 is 0.865 bits per heavy atom. The summed E-state index contributed by atoms with van der Waals surface area (Å²) in [6.07, 6.45) is 6.45. The molecule has 0 N–H and O–H groups in total. The van der Waals surface area contributed by atoms with Crippen LogP contribution in [0.25, 0.3) is 0 Å². The van der Waals surface area contributed by atoms with Gasteiger partial charge in [-0.25, -0.2) is 0 Å². The van der Waals surface area contributed by atoms with Crippen LogP contribution in [0, 0.1) is 5.41 Å². The molecule has 0 unspecified atom stereocenters. The Bertz CT molecular complexity index is 1090. The molecule has 1 spiro atoms. The van der Waals surface area contributed by atoms with Crippen molar-refractivity contribution in [1.82, 2.24) is 14.7 Å². The van der Waals surface area contributed by atoms with Gasteiger partial charge >= 0.3 is 0 Å². The summed E-state index contributed by atoms with van der Waals surface area (Å²) in [6, 6.07) is 16.8. The van der Waals surface area contributed by atoms with E-state index < -0.39 is 0 Å². The molecule has 3 aliphatic rings. The average molecular weight is 504 g/mol. The van der Waals surface area contributed by atoms with Gasteiger partial charge in [-0.05, 0) is 68.2 Å². The molecule has 1 saturated heterocycles. The lowest BCUT2D eigenvalue weighted by Gasteiger charge is -2.44. The number of carbonyl (C=O) groups excluding carboxylic acids is 2. The van der Waals surface area contributed by atoms with Crippen molar-refractivity contribution in [3.05, 3.63) is 65.2 Å². The number of fused-ring (bicyclic) bond motifs is 2. The summed E-state index contributed by atoms with van der Waals surface area (Å²) in [6.45, 7) is 7.43. The van der Waals surface area contributed by atoms with Crippen LogP contribution in [0.15, 0.2) is 48.5 Å². The molecule has 2 aromatic carbocycles. The third-order valence-corrected chi connectivity index (χ3v) is 8.71. The van der Waals surface area contributed by atoms with Crippen molar-refractivity contribution in [2.24, 2.45) is 5.41 Å². The van der Waals surface area contributed by atoms with Crippen LogP contribution < -0.4 is 4.74 Å². The van der Waals surface area contributed by atoms with Gasteiger partial charge in [-0.1, -0.05) is 48.9 Å². The van der Waals surface area contributed by atoms with Gasteiger partial charge in [0.1, 0.15) is 12.4 Å². The SMILES string of the molecule is CCN1CCOc2ccccc2CCCCC2(CCN(C(=O)CN3CCc4ccccc4C3)CC2)C1=O. The van der Waals surface area contributed by atoms with Crippen LogP contribution in [0.4, 0.5) is 0 Å². The molecule has 2 aromatic rings. The zero-order chi connectivity index (χ0) is 25.7. The highest BCUT2D eigenvalue weighted by molar-refractivity contribution is 5.84. The Morgan fingerprint density at radius 2 is 1.59 bits per heavy atom. The second-order valence-electron chi connectivity index (χ2n) is 10.9. The largest absolute Gasteiger partial charge is 0.491 e. The van der Waals surface area contributed by atoms with Crippen molar-refractivity contribution < 1.29 is 14.3 Å². The molecule has 0 bridgehead atoms. The molecule has 0 aromatic heterocycles. The number of rotatable bonds is 3. The number of hydrogen-bond acceptors (Lipinski definition) is 4. The minimum Gasteiger partial charge on any atom is -0.491 e. The van der Waals surface area contributed by atoms with E-state index in [1.165, 1.54) is 16.7 Å². The first-order chi connectivity index (χ1) is 18.1. The molecule has 1 fully saturated rings. The summed E-state index contributed by atoms with van der Waals surface area (Å²) in [5, 5.41) is 0. The van der Waals surface area contributed by atoms with Crippen molar-refractivity contribution in [1.29, 1.82) is 0 Å². The number of ether oxygens (including phenoxy) is 1.